The zero-order valence-electron chi connectivity index (χ0n) is 12.7. The molecule has 2 rings (SSSR count). The number of rotatable bonds is 6. The third-order valence-electron chi connectivity index (χ3n) is 3.58. The number of ketones is 1. The minimum Gasteiger partial charge on any atom is -0.352 e. The molecule has 0 unspecified atom stereocenters. The lowest BCUT2D eigenvalue weighted by molar-refractivity contribution is -0.224. The van der Waals surface area contributed by atoms with Crippen molar-refractivity contribution >= 4 is 21.7 Å². The Bertz CT molecular complexity index is 457. The van der Waals surface area contributed by atoms with E-state index in [9.17, 15) is 4.79 Å². The zero-order chi connectivity index (χ0) is 15.3. The number of Topliss-reactive ketones (excluding diaryl/α,β-unsaturated/α-hetero) is 1. The number of hydrogen-bond donors (Lipinski definition) is 0. The van der Waals surface area contributed by atoms with Crippen molar-refractivity contribution in [3.63, 3.8) is 0 Å². The summed E-state index contributed by atoms with van der Waals surface area (Å²) < 4.78 is 12.4. The second-order valence-corrected chi connectivity index (χ2v) is 7.31. The van der Waals surface area contributed by atoms with Crippen molar-refractivity contribution in [2.75, 3.05) is 13.2 Å². The zero-order valence-corrected chi connectivity index (χ0v) is 14.3. The summed E-state index contributed by atoms with van der Waals surface area (Å²) in [5.41, 5.74) is 0.902. The van der Waals surface area contributed by atoms with Crippen molar-refractivity contribution in [2.45, 2.75) is 45.8 Å². The van der Waals surface area contributed by atoms with Gasteiger partial charge >= 0.3 is 0 Å². The van der Waals surface area contributed by atoms with Crippen LogP contribution in [0.3, 0.4) is 0 Å². The molecule has 0 N–H and O–H groups in total. The van der Waals surface area contributed by atoms with Crippen LogP contribution in [0.1, 0.15) is 49.9 Å². The van der Waals surface area contributed by atoms with Gasteiger partial charge in [-0.1, -0.05) is 41.9 Å². The van der Waals surface area contributed by atoms with Gasteiger partial charge in [0.05, 0.1) is 13.2 Å². The lowest BCUT2D eigenvalue weighted by atomic mass is 9.95. The highest BCUT2D eigenvalue weighted by atomic mass is 79.9. The molecule has 1 aromatic carbocycles. The van der Waals surface area contributed by atoms with Crippen LogP contribution >= 0.6 is 15.9 Å². The summed E-state index contributed by atoms with van der Waals surface area (Å²) in [7, 11) is 0. The maximum atomic E-state index is 12.0. The largest absolute Gasteiger partial charge is 0.352 e. The average molecular weight is 355 g/mol. The fourth-order valence-electron chi connectivity index (χ4n) is 2.27. The summed E-state index contributed by atoms with van der Waals surface area (Å²) in [4.78, 5) is 12.0. The third-order valence-corrected chi connectivity index (χ3v) is 4.11. The molecule has 1 aliphatic rings. The van der Waals surface area contributed by atoms with Gasteiger partial charge in [-0.15, -0.1) is 0 Å². The first-order valence-electron chi connectivity index (χ1n) is 7.48. The molecule has 4 heteroatoms. The fraction of sp³-hybridized carbons (Fsp3) is 0.588. The van der Waals surface area contributed by atoms with E-state index < -0.39 is 0 Å². The van der Waals surface area contributed by atoms with Crippen molar-refractivity contribution in [1.29, 1.82) is 0 Å². The number of halogens is 1. The van der Waals surface area contributed by atoms with Crippen LogP contribution in [-0.2, 0) is 9.47 Å². The molecule has 1 heterocycles. The van der Waals surface area contributed by atoms with E-state index in [1.807, 2.05) is 24.3 Å². The van der Waals surface area contributed by atoms with E-state index in [1.165, 1.54) is 0 Å². The summed E-state index contributed by atoms with van der Waals surface area (Å²) in [6.45, 7) is 5.77. The summed E-state index contributed by atoms with van der Waals surface area (Å²) in [5.74, 6) is 0.203. The SMILES string of the molecule is CC1(C)COC(CCCCC(=O)c2ccc(Br)cc2)OC1. The predicted octanol–water partition coefficient (Wildman–Crippen LogP) is 4.59. The Labute approximate surface area is 135 Å². The summed E-state index contributed by atoms with van der Waals surface area (Å²) >= 11 is 3.37. The molecule has 0 spiro atoms. The molecule has 1 aromatic rings. The van der Waals surface area contributed by atoms with Gasteiger partial charge in [0.15, 0.2) is 12.1 Å². The first-order valence-corrected chi connectivity index (χ1v) is 8.28. The molecular formula is C17H23BrO3. The van der Waals surface area contributed by atoms with Crippen LogP contribution in [-0.4, -0.2) is 25.3 Å². The summed E-state index contributed by atoms with van der Waals surface area (Å²) in [6, 6.07) is 7.53. The first-order chi connectivity index (χ1) is 9.96. The van der Waals surface area contributed by atoms with Crippen molar-refractivity contribution in [3.8, 4) is 0 Å². The number of benzene rings is 1. The minimum atomic E-state index is -0.0965. The molecule has 116 valence electrons. The number of carbonyl (C=O) groups is 1. The second-order valence-electron chi connectivity index (χ2n) is 6.39. The normalized spacial score (nSPS) is 18.6. The van der Waals surface area contributed by atoms with Crippen LogP contribution < -0.4 is 0 Å². The molecule has 0 radical (unpaired) electrons. The monoisotopic (exact) mass is 354 g/mol. The van der Waals surface area contributed by atoms with Crippen molar-refractivity contribution < 1.29 is 14.3 Å². The van der Waals surface area contributed by atoms with E-state index in [0.717, 1.165) is 42.5 Å². The number of hydrogen-bond acceptors (Lipinski definition) is 3. The first kappa shape index (κ1) is 16.7. The van der Waals surface area contributed by atoms with Gasteiger partial charge in [-0.3, -0.25) is 4.79 Å². The number of unbranched alkanes of at least 4 members (excludes halogenated alkanes) is 1. The van der Waals surface area contributed by atoms with Crippen LogP contribution in [0.15, 0.2) is 28.7 Å². The van der Waals surface area contributed by atoms with Gasteiger partial charge in [-0.25, -0.2) is 0 Å². The molecule has 21 heavy (non-hydrogen) atoms. The molecule has 0 saturated carbocycles. The van der Waals surface area contributed by atoms with E-state index in [-0.39, 0.29) is 17.5 Å². The maximum absolute atomic E-state index is 12.0. The van der Waals surface area contributed by atoms with Crippen LogP contribution in [0.2, 0.25) is 0 Å². The van der Waals surface area contributed by atoms with Crippen molar-refractivity contribution in [2.24, 2.45) is 5.41 Å². The molecule has 0 atom stereocenters. The molecule has 0 bridgehead atoms. The van der Waals surface area contributed by atoms with E-state index in [0.29, 0.717) is 6.42 Å². The quantitative estimate of drug-likeness (QED) is 0.553. The smallest absolute Gasteiger partial charge is 0.162 e. The highest BCUT2D eigenvalue weighted by molar-refractivity contribution is 9.10. The minimum absolute atomic E-state index is 0.0965. The highest BCUT2D eigenvalue weighted by Gasteiger charge is 2.27. The Hall–Kier alpha value is -0.710. The van der Waals surface area contributed by atoms with E-state index in [4.69, 9.17) is 9.47 Å². The van der Waals surface area contributed by atoms with Gasteiger partial charge in [0.1, 0.15) is 0 Å². The molecule has 3 nitrogen and oxygen atoms in total. The Balaban J connectivity index is 1.64. The lowest BCUT2D eigenvalue weighted by Gasteiger charge is -2.34. The molecule has 0 aliphatic carbocycles. The number of ether oxygens (including phenoxy) is 2. The predicted molar refractivity (Wildman–Crippen MR) is 86.4 cm³/mol. The Morgan fingerprint density at radius 1 is 1.19 bits per heavy atom. The van der Waals surface area contributed by atoms with E-state index >= 15 is 0 Å². The molecule has 1 fully saturated rings. The highest BCUT2D eigenvalue weighted by Crippen LogP contribution is 2.25. The van der Waals surface area contributed by atoms with Crippen LogP contribution in [0, 0.1) is 5.41 Å². The standard InChI is InChI=1S/C17H23BrO3/c1-17(2)11-20-16(21-12-17)6-4-3-5-15(19)13-7-9-14(18)10-8-13/h7-10,16H,3-6,11-12H2,1-2H3. The lowest BCUT2D eigenvalue weighted by Crippen LogP contribution is -2.37. The molecule has 1 aliphatic heterocycles. The molecule has 1 saturated heterocycles. The molecule has 0 amide bonds. The third kappa shape index (κ3) is 5.53. The second kappa shape index (κ2) is 7.52. The van der Waals surface area contributed by atoms with E-state index in [1.54, 1.807) is 0 Å². The number of carbonyl (C=O) groups excluding carboxylic acids is 1. The van der Waals surface area contributed by atoms with Gasteiger partial charge in [-0.05, 0) is 31.4 Å². The van der Waals surface area contributed by atoms with Crippen molar-refractivity contribution in [3.05, 3.63) is 34.3 Å². The van der Waals surface area contributed by atoms with Gasteiger partial charge in [0.25, 0.3) is 0 Å². The van der Waals surface area contributed by atoms with Crippen LogP contribution in [0.4, 0.5) is 0 Å². The molecular weight excluding hydrogens is 332 g/mol. The average Bonchev–Trinajstić information content (AvgIpc) is 2.45. The van der Waals surface area contributed by atoms with Crippen molar-refractivity contribution in [1.82, 2.24) is 0 Å². The van der Waals surface area contributed by atoms with Gasteiger partial charge in [0.2, 0.25) is 0 Å². The Kier molecular flexibility index (Phi) is 5.97. The topological polar surface area (TPSA) is 35.5 Å². The van der Waals surface area contributed by atoms with Crippen LogP contribution in [0.5, 0.6) is 0 Å². The Morgan fingerprint density at radius 3 is 2.43 bits per heavy atom. The Morgan fingerprint density at radius 2 is 1.81 bits per heavy atom. The van der Waals surface area contributed by atoms with Crippen LogP contribution in [0.25, 0.3) is 0 Å². The van der Waals surface area contributed by atoms with Gasteiger partial charge in [-0.2, -0.15) is 0 Å². The summed E-state index contributed by atoms with van der Waals surface area (Å²) in [6.07, 6.45) is 3.18. The molecule has 0 aromatic heterocycles. The van der Waals surface area contributed by atoms with Gasteiger partial charge < -0.3 is 9.47 Å². The summed E-state index contributed by atoms with van der Waals surface area (Å²) in [5, 5.41) is 0. The van der Waals surface area contributed by atoms with Gasteiger partial charge in [0, 0.05) is 21.9 Å². The van der Waals surface area contributed by atoms with E-state index in [2.05, 4.69) is 29.8 Å². The maximum Gasteiger partial charge on any atom is 0.162 e. The fourth-order valence-corrected chi connectivity index (χ4v) is 2.53.